The fraction of sp³-hybridized carbons (Fsp3) is 0.706. The van der Waals surface area contributed by atoms with Crippen molar-refractivity contribution in [1.82, 2.24) is 14.5 Å². The molecule has 0 bridgehead atoms. The van der Waals surface area contributed by atoms with E-state index < -0.39 is 11.2 Å². The highest BCUT2D eigenvalue weighted by Crippen LogP contribution is 2.30. The van der Waals surface area contributed by atoms with Gasteiger partial charge < -0.3 is 10.0 Å². The largest absolute Gasteiger partial charge is 0.494 e. The van der Waals surface area contributed by atoms with Crippen molar-refractivity contribution < 1.29 is 5.11 Å². The molecule has 0 aromatic carbocycles. The number of hydrogen-bond donors (Lipinski definition) is 2. The molecule has 0 spiro atoms. The molecule has 1 aliphatic rings. The van der Waals surface area contributed by atoms with E-state index >= 15 is 0 Å². The molecule has 134 valence electrons. The maximum atomic E-state index is 12.3. The van der Waals surface area contributed by atoms with Gasteiger partial charge in [-0.25, -0.2) is 4.79 Å². The van der Waals surface area contributed by atoms with E-state index in [-0.39, 0.29) is 17.5 Å². The average molecular weight is 336 g/mol. The van der Waals surface area contributed by atoms with E-state index in [1.807, 2.05) is 25.9 Å². The van der Waals surface area contributed by atoms with Gasteiger partial charge in [0.05, 0.1) is 12.3 Å². The third kappa shape index (κ3) is 4.14. The average Bonchev–Trinajstić information content (AvgIpc) is 2.53. The first-order valence-corrected chi connectivity index (χ1v) is 8.71. The molecule has 0 unspecified atom stereocenters. The van der Waals surface area contributed by atoms with Crippen molar-refractivity contribution in [2.24, 2.45) is 4.99 Å². The predicted molar refractivity (Wildman–Crippen MR) is 95.4 cm³/mol. The molecule has 1 heterocycles. The summed E-state index contributed by atoms with van der Waals surface area (Å²) in [5.74, 6) is -0.235. The number of rotatable bonds is 6. The number of aromatic amines is 1. The van der Waals surface area contributed by atoms with Gasteiger partial charge in [0.1, 0.15) is 5.56 Å². The monoisotopic (exact) mass is 336 g/mol. The van der Waals surface area contributed by atoms with Gasteiger partial charge in [0.25, 0.3) is 5.56 Å². The van der Waals surface area contributed by atoms with Crippen molar-refractivity contribution >= 4 is 5.71 Å². The minimum Gasteiger partial charge on any atom is -0.494 e. The molecule has 7 heteroatoms. The number of likely N-dealkylation sites (N-methyl/N-ethyl adjacent to an activating group) is 1. The second kappa shape index (κ2) is 8.28. The van der Waals surface area contributed by atoms with Crippen LogP contribution in [0.5, 0.6) is 5.88 Å². The van der Waals surface area contributed by atoms with Crippen molar-refractivity contribution in [3.8, 4) is 5.88 Å². The summed E-state index contributed by atoms with van der Waals surface area (Å²) in [5.41, 5.74) is -0.409. The van der Waals surface area contributed by atoms with E-state index in [0.717, 1.165) is 38.6 Å². The molecule has 0 amide bonds. The summed E-state index contributed by atoms with van der Waals surface area (Å²) in [5, 5.41) is 10.7. The number of aromatic hydroxyl groups is 1. The summed E-state index contributed by atoms with van der Waals surface area (Å²) in [6.07, 6.45) is 5.42. The first kappa shape index (κ1) is 18.4. The molecule has 7 nitrogen and oxygen atoms in total. The topological polar surface area (TPSA) is 90.7 Å². The smallest absolute Gasteiger partial charge is 0.331 e. The maximum Gasteiger partial charge on any atom is 0.331 e. The summed E-state index contributed by atoms with van der Waals surface area (Å²) in [6.45, 7) is 3.19. The zero-order valence-electron chi connectivity index (χ0n) is 14.8. The van der Waals surface area contributed by atoms with Crippen molar-refractivity contribution in [2.75, 3.05) is 27.2 Å². The predicted octanol–water partition coefficient (Wildman–Crippen LogP) is 1.51. The minimum atomic E-state index is -0.560. The Morgan fingerprint density at radius 2 is 1.96 bits per heavy atom. The van der Waals surface area contributed by atoms with Crippen LogP contribution in [0.15, 0.2) is 14.6 Å². The zero-order chi connectivity index (χ0) is 17.7. The van der Waals surface area contributed by atoms with Crippen molar-refractivity contribution in [3.63, 3.8) is 0 Å². The summed E-state index contributed by atoms with van der Waals surface area (Å²) in [7, 11) is 3.91. The molecule has 1 saturated carbocycles. The fourth-order valence-electron chi connectivity index (χ4n) is 3.23. The molecule has 0 saturated heterocycles. The van der Waals surface area contributed by atoms with Gasteiger partial charge in [-0.05, 0) is 33.4 Å². The summed E-state index contributed by atoms with van der Waals surface area (Å²) < 4.78 is 1.35. The highest BCUT2D eigenvalue weighted by atomic mass is 16.3. The first-order chi connectivity index (χ1) is 11.5. The second-order valence-electron chi connectivity index (χ2n) is 6.60. The van der Waals surface area contributed by atoms with Crippen LogP contribution in [0.3, 0.4) is 0 Å². The molecule has 0 radical (unpaired) electrons. The molecule has 1 fully saturated rings. The molecule has 2 N–H and O–H groups in total. The third-order valence-electron chi connectivity index (χ3n) is 4.53. The molecule has 0 aliphatic heterocycles. The molecule has 1 aliphatic carbocycles. The van der Waals surface area contributed by atoms with E-state index in [9.17, 15) is 14.7 Å². The van der Waals surface area contributed by atoms with Crippen molar-refractivity contribution in [2.45, 2.75) is 51.5 Å². The summed E-state index contributed by atoms with van der Waals surface area (Å²) in [6, 6.07) is -0.0540. The van der Waals surface area contributed by atoms with E-state index in [1.54, 1.807) is 0 Å². The Labute approximate surface area is 142 Å². The van der Waals surface area contributed by atoms with Gasteiger partial charge in [-0.3, -0.25) is 19.3 Å². The molecule has 1 aromatic rings. The van der Waals surface area contributed by atoms with Gasteiger partial charge >= 0.3 is 5.69 Å². The summed E-state index contributed by atoms with van der Waals surface area (Å²) >= 11 is 0. The van der Waals surface area contributed by atoms with Gasteiger partial charge in [-0.2, -0.15) is 0 Å². The number of aromatic nitrogens is 2. The third-order valence-corrected chi connectivity index (χ3v) is 4.53. The van der Waals surface area contributed by atoms with Crippen LogP contribution in [-0.4, -0.2) is 52.5 Å². The van der Waals surface area contributed by atoms with Gasteiger partial charge in [-0.1, -0.05) is 26.2 Å². The second-order valence-corrected chi connectivity index (χ2v) is 6.60. The Balaban J connectivity index is 2.45. The van der Waals surface area contributed by atoms with Gasteiger partial charge in [0.15, 0.2) is 0 Å². The van der Waals surface area contributed by atoms with Crippen LogP contribution >= 0.6 is 0 Å². The maximum absolute atomic E-state index is 12.3. The highest BCUT2D eigenvalue weighted by molar-refractivity contribution is 6.01. The molecule has 0 atom stereocenters. The Bertz CT molecular complexity index is 697. The number of nitrogens with zero attached hydrogens (tertiary/aromatic N) is 3. The van der Waals surface area contributed by atoms with Crippen LogP contribution in [-0.2, 0) is 0 Å². The zero-order valence-corrected chi connectivity index (χ0v) is 14.8. The van der Waals surface area contributed by atoms with E-state index in [1.165, 1.54) is 4.57 Å². The van der Waals surface area contributed by atoms with Crippen LogP contribution in [0.25, 0.3) is 0 Å². The quantitative estimate of drug-likeness (QED) is 0.770. The number of nitrogens with one attached hydrogen (secondary N) is 1. The van der Waals surface area contributed by atoms with E-state index in [2.05, 4.69) is 9.98 Å². The normalized spacial score (nSPS) is 16.8. The van der Waals surface area contributed by atoms with Crippen LogP contribution < -0.4 is 11.2 Å². The van der Waals surface area contributed by atoms with Crippen LogP contribution in [0.1, 0.15) is 57.1 Å². The molecular weight excluding hydrogens is 308 g/mol. The molecule has 24 heavy (non-hydrogen) atoms. The SMILES string of the molecule is CCC(=NCCN(C)C)c1c(O)n(C2CCCCC2)c(=O)[nH]c1=O. The van der Waals surface area contributed by atoms with Crippen molar-refractivity contribution in [3.05, 3.63) is 26.4 Å². The highest BCUT2D eigenvalue weighted by Gasteiger charge is 2.24. The molecular formula is C17H28N4O3. The lowest BCUT2D eigenvalue weighted by molar-refractivity contribution is 0.298. The molecule has 1 aromatic heterocycles. The molecule has 2 rings (SSSR count). The Morgan fingerprint density at radius 1 is 1.29 bits per heavy atom. The van der Waals surface area contributed by atoms with E-state index in [0.29, 0.717) is 18.7 Å². The fourth-order valence-corrected chi connectivity index (χ4v) is 3.23. The first-order valence-electron chi connectivity index (χ1n) is 8.71. The van der Waals surface area contributed by atoms with E-state index in [4.69, 9.17) is 0 Å². The Kier molecular flexibility index (Phi) is 6.36. The lowest BCUT2D eigenvalue weighted by atomic mass is 9.95. The van der Waals surface area contributed by atoms with Gasteiger partial charge in [-0.15, -0.1) is 0 Å². The Hall–Kier alpha value is -1.89. The lowest BCUT2D eigenvalue weighted by Crippen LogP contribution is -2.36. The number of hydrogen-bond acceptors (Lipinski definition) is 5. The lowest BCUT2D eigenvalue weighted by Gasteiger charge is -2.25. The number of H-pyrrole nitrogens is 1. The van der Waals surface area contributed by atoms with Crippen LogP contribution in [0.2, 0.25) is 0 Å². The number of aliphatic imine (C=N–C) groups is 1. The van der Waals surface area contributed by atoms with Crippen LogP contribution in [0, 0.1) is 0 Å². The standard InChI is InChI=1S/C17H28N4O3/c1-4-13(18-10-11-20(2)3)14-15(22)19-17(24)21(16(14)23)12-8-6-5-7-9-12/h12,23H,4-11H2,1-3H3,(H,19,22,24). The van der Waals surface area contributed by atoms with Gasteiger partial charge in [0, 0.05) is 12.6 Å². The Morgan fingerprint density at radius 3 is 2.54 bits per heavy atom. The summed E-state index contributed by atoms with van der Waals surface area (Å²) in [4.78, 5) is 33.3. The minimum absolute atomic E-state index is 0.0540. The van der Waals surface area contributed by atoms with Gasteiger partial charge in [0.2, 0.25) is 5.88 Å². The van der Waals surface area contributed by atoms with Crippen molar-refractivity contribution in [1.29, 1.82) is 0 Å². The van der Waals surface area contributed by atoms with Crippen LogP contribution in [0.4, 0.5) is 0 Å².